The van der Waals surface area contributed by atoms with Crippen LogP contribution in [-0.2, 0) is 6.54 Å². The van der Waals surface area contributed by atoms with Gasteiger partial charge in [-0.3, -0.25) is 0 Å². The molecule has 0 bridgehead atoms. The zero-order valence-corrected chi connectivity index (χ0v) is 11.8. The van der Waals surface area contributed by atoms with Crippen LogP contribution in [0.15, 0.2) is 42.5 Å². The number of nitrogen functional groups attached to an aromatic ring is 1. The summed E-state index contributed by atoms with van der Waals surface area (Å²) in [5.74, 6) is -0.969. The van der Waals surface area contributed by atoms with Crippen LogP contribution in [-0.4, -0.2) is 18.1 Å². The summed E-state index contributed by atoms with van der Waals surface area (Å²) >= 11 is 5.84. The summed E-state index contributed by atoms with van der Waals surface area (Å²) in [7, 11) is 1.83. The van der Waals surface area contributed by atoms with Crippen LogP contribution in [0.25, 0.3) is 0 Å². The lowest BCUT2D eigenvalue weighted by molar-refractivity contribution is 0.0697. The van der Waals surface area contributed by atoms with Crippen LogP contribution in [0.1, 0.15) is 15.9 Å². The van der Waals surface area contributed by atoms with Crippen molar-refractivity contribution in [1.29, 1.82) is 0 Å². The maximum absolute atomic E-state index is 11.2. The number of carboxylic acid groups (broad SMARTS) is 1. The van der Waals surface area contributed by atoms with Crippen LogP contribution in [0.5, 0.6) is 0 Å². The van der Waals surface area contributed by atoms with Crippen LogP contribution in [0.3, 0.4) is 0 Å². The second-order valence-electron chi connectivity index (χ2n) is 4.56. The van der Waals surface area contributed by atoms with Gasteiger partial charge in [-0.15, -0.1) is 0 Å². The topological polar surface area (TPSA) is 66.6 Å². The number of carboxylic acids is 1. The third kappa shape index (κ3) is 3.22. The molecule has 0 aliphatic heterocycles. The Balaban J connectivity index is 2.28. The predicted molar refractivity (Wildman–Crippen MR) is 81.4 cm³/mol. The molecule has 20 heavy (non-hydrogen) atoms. The number of benzene rings is 2. The third-order valence-corrected chi connectivity index (χ3v) is 3.25. The summed E-state index contributed by atoms with van der Waals surface area (Å²) in [5, 5.41) is 9.90. The van der Waals surface area contributed by atoms with Crippen LogP contribution < -0.4 is 10.6 Å². The van der Waals surface area contributed by atoms with E-state index in [0.717, 1.165) is 5.56 Å². The van der Waals surface area contributed by atoms with Gasteiger partial charge < -0.3 is 15.7 Å². The van der Waals surface area contributed by atoms with Gasteiger partial charge in [0.2, 0.25) is 0 Å². The molecular weight excluding hydrogens is 276 g/mol. The molecule has 2 aromatic rings. The largest absolute Gasteiger partial charge is 0.478 e. The van der Waals surface area contributed by atoms with Crippen LogP contribution in [0.4, 0.5) is 11.4 Å². The second kappa shape index (κ2) is 5.84. The van der Waals surface area contributed by atoms with Crippen molar-refractivity contribution < 1.29 is 9.90 Å². The van der Waals surface area contributed by atoms with E-state index in [1.807, 2.05) is 36.2 Å². The first kappa shape index (κ1) is 14.2. The number of hydrogen-bond acceptors (Lipinski definition) is 3. The van der Waals surface area contributed by atoms with Crippen molar-refractivity contribution in [2.75, 3.05) is 17.7 Å². The molecule has 0 aliphatic rings. The molecule has 2 rings (SSSR count). The predicted octanol–water partition coefficient (Wildman–Crippen LogP) is 3.26. The Hall–Kier alpha value is -2.20. The smallest absolute Gasteiger partial charge is 0.337 e. The van der Waals surface area contributed by atoms with E-state index in [4.69, 9.17) is 17.3 Å². The molecule has 0 atom stereocenters. The highest BCUT2D eigenvalue weighted by Gasteiger charge is 2.14. The number of hydrogen-bond donors (Lipinski definition) is 2. The number of aromatic carboxylic acids is 1. The molecule has 104 valence electrons. The van der Waals surface area contributed by atoms with E-state index in [2.05, 4.69) is 0 Å². The van der Waals surface area contributed by atoms with E-state index in [1.54, 1.807) is 12.1 Å². The number of nitrogens with zero attached hydrogens (tertiary/aromatic N) is 1. The van der Waals surface area contributed by atoms with E-state index >= 15 is 0 Å². The first-order valence-corrected chi connectivity index (χ1v) is 6.43. The number of halogens is 1. The SMILES string of the molecule is CN(Cc1ccc(Cl)cc1)c1cc(N)ccc1C(=O)O. The second-order valence-corrected chi connectivity index (χ2v) is 5.00. The van der Waals surface area contributed by atoms with Gasteiger partial charge in [-0.1, -0.05) is 23.7 Å². The summed E-state index contributed by atoms with van der Waals surface area (Å²) in [5.41, 5.74) is 8.14. The van der Waals surface area contributed by atoms with Crippen LogP contribution >= 0.6 is 11.6 Å². The maximum atomic E-state index is 11.2. The lowest BCUT2D eigenvalue weighted by Crippen LogP contribution is -2.19. The Kier molecular flexibility index (Phi) is 4.15. The molecule has 0 heterocycles. The van der Waals surface area contributed by atoms with Gasteiger partial charge in [0.1, 0.15) is 0 Å². The Morgan fingerprint density at radius 1 is 1.25 bits per heavy atom. The van der Waals surface area contributed by atoms with Crippen molar-refractivity contribution >= 4 is 28.9 Å². The highest BCUT2D eigenvalue weighted by molar-refractivity contribution is 6.30. The molecule has 0 aliphatic carbocycles. The standard InChI is InChI=1S/C15H15ClN2O2/c1-18(9-10-2-4-11(16)5-3-10)14-8-12(17)6-7-13(14)15(19)20/h2-8H,9,17H2,1H3,(H,19,20). The molecule has 0 saturated carbocycles. The van der Waals surface area contributed by atoms with E-state index < -0.39 is 5.97 Å². The molecule has 0 saturated heterocycles. The number of rotatable bonds is 4. The van der Waals surface area contributed by atoms with E-state index in [1.165, 1.54) is 6.07 Å². The van der Waals surface area contributed by atoms with Crippen molar-refractivity contribution in [2.24, 2.45) is 0 Å². The minimum Gasteiger partial charge on any atom is -0.478 e. The summed E-state index contributed by atoms with van der Waals surface area (Å²) in [4.78, 5) is 13.1. The third-order valence-electron chi connectivity index (χ3n) is 3.00. The Morgan fingerprint density at radius 2 is 1.90 bits per heavy atom. The highest BCUT2D eigenvalue weighted by Crippen LogP contribution is 2.24. The molecule has 2 aromatic carbocycles. The molecule has 0 unspecified atom stereocenters. The number of carbonyl (C=O) groups is 1. The normalized spacial score (nSPS) is 10.3. The zero-order valence-electron chi connectivity index (χ0n) is 11.0. The van der Waals surface area contributed by atoms with E-state index in [9.17, 15) is 9.90 Å². The summed E-state index contributed by atoms with van der Waals surface area (Å²) in [6.45, 7) is 0.570. The minimum atomic E-state index is -0.969. The van der Waals surface area contributed by atoms with Crippen LogP contribution in [0.2, 0.25) is 5.02 Å². The summed E-state index contributed by atoms with van der Waals surface area (Å²) in [6.07, 6.45) is 0. The van der Waals surface area contributed by atoms with Gasteiger partial charge in [-0.05, 0) is 35.9 Å². The fourth-order valence-corrected chi connectivity index (χ4v) is 2.12. The van der Waals surface area contributed by atoms with Crippen molar-refractivity contribution in [3.8, 4) is 0 Å². The molecule has 0 radical (unpaired) electrons. The highest BCUT2D eigenvalue weighted by atomic mass is 35.5. The number of nitrogens with two attached hydrogens (primary N) is 1. The van der Waals surface area contributed by atoms with Gasteiger partial charge in [-0.2, -0.15) is 0 Å². The van der Waals surface area contributed by atoms with Crippen molar-refractivity contribution in [3.05, 3.63) is 58.6 Å². The lowest BCUT2D eigenvalue weighted by Gasteiger charge is -2.21. The zero-order chi connectivity index (χ0) is 14.7. The van der Waals surface area contributed by atoms with Gasteiger partial charge in [0.25, 0.3) is 0 Å². The number of anilines is 2. The average molecular weight is 291 g/mol. The van der Waals surface area contributed by atoms with Gasteiger partial charge in [0, 0.05) is 24.3 Å². The monoisotopic (exact) mass is 290 g/mol. The average Bonchev–Trinajstić information content (AvgIpc) is 2.41. The quantitative estimate of drug-likeness (QED) is 0.848. The van der Waals surface area contributed by atoms with Crippen LogP contribution in [0, 0.1) is 0 Å². The Bertz CT molecular complexity index is 626. The molecule has 0 fully saturated rings. The molecule has 4 nitrogen and oxygen atoms in total. The van der Waals surface area contributed by atoms with Crippen molar-refractivity contribution in [3.63, 3.8) is 0 Å². The van der Waals surface area contributed by atoms with E-state index in [0.29, 0.717) is 22.9 Å². The minimum absolute atomic E-state index is 0.232. The van der Waals surface area contributed by atoms with Gasteiger partial charge >= 0.3 is 5.97 Å². The maximum Gasteiger partial charge on any atom is 0.337 e. The van der Waals surface area contributed by atoms with Crippen molar-refractivity contribution in [2.45, 2.75) is 6.54 Å². The first-order chi connectivity index (χ1) is 9.47. The van der Waals surface area contributed by atoms with Crippen molar-refractivity contribution in [1.82, 2.24) is 0 Å². The molecule has 0 spiro atoms. The molecule has 0 aromatic heterocycles. The molecule has 5 heteroatoms. The van der Waals surface area contributed by atoms with Gasteiger partial charge in [-0.25, -0.2) is 4.79 Å². The Labute approximate surface area is 122 Å². The molecular formula is C15H15ClN2O2. The molecule has 3 N–H and O–H groups in total. The fraction of sp³-hybridized carbons (Fsp3) is 0.133. The summed E-state index contributed by atoms with van der Waals surface area (Å²) in [6, 6.07) is 12.2. The van der Waals surface area contributed by atoms with Gasteiger partial charge in [0.15, 0.2) is 0 Å². The lowest BCUT2D eigenvalue weighted by atomic mass is 10.1. The Morgan fingerprint density at radius 3 is 2.50 bits per heavy atom. The van der Waals surface area contributed by atoms with Gasteiger partial charge in [0.05, 0.1) is 11.3 Å². The first-order valence-electron chi connectivity index (χ1n) is 6.06. The molecule has 0 amide bonds. The summed E-state index contributed by atoms with van der Waals surface area (Å²) < 4.78 is 0. The fourth-order valence-electron chi connectivity index (χ4n) is 1.99. The van der Waals surface area contributed by atoms with E-state index in [-0.39, 0.29) is 5.56 Å².